The van der Waals surface area contributed by atoms with Crippen molar-refractivity contribution in [2.75, 3.05) is 0 Å². The van der Waals surface area contributed by atoms with E-state index in [9.17, 15) is 0 Å². The summed E-state index contributed by atoms with van der Waals surface area (Å²) in [7, 11) is 0. The molecular formula is C5H7Rh. The van der Waals surface area contributed by atoms with E-state index in [2.05, 4.69) is 18.3 Å². The van der Waals surface area contributed by atoms with Crippen LogP contribution in [-0.4, -0.2) is 0 Å². The Kier molecular flexibility index (Phi) is 5.19. The number of hydrogen-bond donors (Lipinski definition) is 0. The van der Waals surface area contributed by atoms with Crippen molar-refractivity contribution >= 4 is 0 Å². The second-order valence-corrected chi connectivity index (χ2v) is 1.38. The Morgan fingerprint density at radius 2 is 2.00 bits per heavy atom. The van der Waals surface area contributed by atoms with E-state index >= 15 is 0 Å². The molecule has 0 aliphatic rings. The van der Waals surface area contributed by atoms with Gasteiger partial charge in [0.25, 0.3) is 0 Å². The third kappa shape index (κ3) is 4.10. The fraction of sp³-hybridized carbons (Fsp3) is 0.200. The van der Waals surface area contributed by atoms with Crippen LogP contribution in [0.3, 0.4) is 0 Å². The van der Waals surface area contributed by atoms with Gasteiger partial charge in [-0.25, -0.2) is 0 Å². The van der Waals surface area contributed by atoms with Crippen LogP contribution in [0.2, 0.25) is 0 Å². The quantitative estimate of drug-likeness (QED) is 0.414. The second kappa shape index (κ2) is 5.10. The summed E-state index contributed by atoms with van der Waals surface area (Å²) in [6.07, 6.45) is 5.91. The molecule has 0 saturated carbocycles. The molecule has 0 fully saturated rings. The van der Waals surface area contributed by atoms with Gasteiger partial charge in [-0.3, -0.25) is 0 Å². The normalized spacial score (nSPS) is 11.8. The summed E-state index contributed by atoms with van der Waals surface area (Å²) in [5.74, 6) is 0. The summed E-state index contributed by atoms with van der Waals surface area (Å²) >= 11 is 2.66. The van der Waals surface area contributed by atoms with Crippen molar-refractivity contribution in [1.29, 1.82) is 0 Å². The van der Waals surface area contributed by atoms with E-state index in [-0.39, 0.29) is 0 Å². The number of hydrogen-bond acceptors (Lipinski definition) is 0. The van der Waals surface area contributed by atoms with Crippen LogP contribution < -0.4 is 0 Å². The van der Waals surface area contributed by atoms with Gasteiger partial charge in [-0.15, -0.1) is 0 Å². The monoisotopic (exact) mass is 170 g/mol. The molecule has 0 saturated heterocycles. The fourth-order valence-corrected chi connectivity index (χ4v) is 0.330. The predicted octanol–water partition coefficient (Wildman–Crippen LogP) is 1.62. The van der Waals surface area contributed by atoms with Crippen LogP contribution in [0, 0.1) is 0 Å². The predicted molar refractivity (Wildman–Crippen MR) is 24.0 cm³/mol. The molecule has 0 aliphatic carbocycles. The van der Waals surface area contributed by atoms with Gasteiger partial charge in [0.15, 0.2) is 0 Å². The standard InChI is InChI=1S/C5H7.Rh/c1-3-5-4-2;/h1,3-5H,2H3;/b3-1?,5-4+;. The Bertz CT molecular complexity index is 52.3. The van der Waals surface area contributed by atoms with Gasteiger partial charge >= 0.3 is 48.1 Å². The van der Waals surface area contributed by atoms with Crippen LogP contribution in [-0.2, 0) is 18.3 Å². The van der Waals surface area contributed by atoms with Gasteiger partial charge in [-0.1, -0.05) is 0 Å². The molecular weight excluding hydrogens is 163 g/mol. The molecule has 0 radical (unpaired) electrons. The summed E-state index contributed by atoms with van der Waals surface area (Å²) in [4.78, 5) is 0. The van der Waals surface area contributed by atoms with Crippen molar-refractivity contribution in [1.82, 2.24) is 0 Å². The molecule has 0 heterocycles. The summed E-state index contributed by atoms with van der Waals surface area (Å²) < 4.78 is 1.89. The van der Waals surface area contributed by atoms with Crippen molar-refractivity contribution < 1.29 is 18.3 Å². The molecule has 36 valence electrons. The zero-order valence-electron chi connectivity index (χ0n) is 3.64. The van der Waals surface area contributed by atoms with Crippen LogP contribution >= 0.6 is 0 Å². The molecule has 0 N–H and O–H groups in total. The molecule has 0 amide bonds. The average Bonchev–Trinajstić information content (AvgIpc) is 1.61. The van der Waals surface area contributed by atoms with Crippen molar-refractivity contribution in [3.63, 3.8) is 0 Å². The molecule has 0 spiro atoms. The van der Waals surface area contributed by atoms with E-state index < -0.39 is 0 Å². The zero-order valence-corrected chi connectivity index (χ0v) is 5.28. The zero-order chi connectivity index (χ0) is 4.83. The van der Waals surface area contributed by atoms with Gasteiger partial charge in [-0.2, -0.15) is 0 Å². The Hall–Kier alpha value is 0.103. The van der Waals surface area contributed by atoms with Gasteiger partial charge in [0.1, 0.15) is 0 Å². The van der Waals surface area contributed by atoms with E-state index in [1.165, 1.54) is 0 Å². The average molecular weight is 170 g/mol. The molecule has 0 rings (SSSR count). The maximum absolute atomic E-state index is 2.66. The molecule has 0 aromatic heterocycles. The first kappa shape index (κ1) is 6.10. The summed E-state index contributed by atoms with van der Waals surface area (Å²) in [6.45, 7) is 1.99. The third-order valence-electron chi connectivity index (χ3n) is 0.368. The molecule has 0 unspecified atom stereocenters. The first-order valence-corrected chi connectivity index (χ1v) is 2.72. The number of rotatable bonds is 1. The van der Waals surface area contributed by atoms with E-state index in [0.717, 1.165) is 0 Å². The number of allylic oxidation sites excluding steroid dienone is 3. The summed E-state index contributed by atoms with van der Waals surface area (Å²) in [6, 6.07) is 0. The maximum atomic E-state index is 2.66. The Balaban J connectivity index is 3.07. The topological polar surface area (TPSA) is 0 Å². The molecule has 0 aromatic carbocycles. The first-order chi connectivity index (χ1) is 2.91. The Morgan fingerprint density at radius 1 is 1.33 bits per heavy atom. The van der Waals surface area contributed by atoms with E-state index in [0.29, 0.717) is 0 Å². The first-order valence-electron chi connectivity index (χ1n) is 1.77. The molecule has 0 aliphatic heterocycles. The van der Waals surface area contributed by atoms with E-state index in [1.807, 2.05) is 29.8 Å². The molecule has 1 heteroatoms. The van der Waals surface area contributed by atoms with Crippen LogP contribution in [0.4, 0.5) is 0 Å². The Morgan fingerprint density at radius 3 is 2.17 bits per heavy atom. The molecule has 6 heavy (non-hydrogen) atoms. The second-order valence-electron chi connectivity index (χ2n) is 0.829. The van der Waals surface area contributed by atoms with Crippen molar-refractivity contribution in [2.24, 2.45) is 0 Å². The van der Waals surface area contributed by atoms with Gasteiger partial charge < -0.3 is 0 Å². The summed E-state index contributed by atoms with van der Waals surface area (Å²) in [5, 5.41) is 0. The van der Waals surface area contributed by atoms with Crippen molar-refractivity contribution in [2.45, 2.75) is 6.92 Å². The SMILES string of the molecule is C/C=C/C=[CH]/[Rh]. The minimum atomic E-state index is 1.89. The van der Waals surface area contributed by atoms with Gasteiger partial charge in [0, 0.05) is 0 Å². The van der Waals surface area contributed by atoms with Gasteiger partial charge in [0.2, 0.25) is 0 Å². The molecule has 0 aromatic rings. The Labute approximate surface area is 48.6 Å². The van der Waals surface area contributed by atoms with Crippen LogP contribution in [0.25, 0.3) is 0 Å². The molecule has 0 bridgehead atoms. The van der Waals surface area contributed by atoms with Crippen LogP contribution in [0.1, 0.15) is 6.92 Å². The van der Waals surface area contributed by atoms with Crippen molar-refractivity contribution in [3.8, 4) is 0 Å². The fourth-order valence-electron chi connectivity index (χ4n) is 0.148. The van der Waals surface area contributed by atoms with E-state index in [4.69, 9.17) is 0 Å². The van der Waals surface area contributed by atoms with Gasteiger partial charge in [0.05, 0.1) is 0 Å². The minimum absolute atomic E-state index is 1.89. The van der Waals surface area contributed by atoms with Crippen LogP contribution in [0.15, 0.2) is 22.9 Å². The molecule has 0 nitrogen and oxygen atoms in total. The molecule has 0 atom stereocenters. The van der Waals surface area contributed by atoms with Gasteiger partial charge in [-0.05, 0) is 0 Å². The van der Waals surface area contributed by atoms with E-state index in [1.54, 1.807) is 0 Å². The van der Waals surface area contributed by atoms with Crippen molar-refractivity contribution in [3.05, 3.63) is 22.9 Å². The van der Waals surface area contributed by atoms with Crippen LogP contribution in [0.5, 0.6) is 0 Å². The third-order valence-corrected chi connectivity index (χ3v) is 0.683. The summed E-state index contributed by atoms with van der Waals surface area (Å²) in [5.41, 5.74) is 0.